The van der Waals surface area contributed by atoms with Crippen molar-refractivity contribution in [3.05, 3.63) is 0 Å². The van der Waals surface area contributed by atoms with Gasteiger partial charge in [-0.3, -0.25) is 9.59 Å². The first kappa shape index (κ1) is 15.7. The van der Waals surface area contributed by atoms with Gasteiger partial charge in [0.1, 0.15) is 11.6 Å². The summed E-state index contributed by atoms with van der Waals surface area (Å²) in [6, 6.07) is -0.311. The second kappa shape index (κ2) is 6.83. The van der Waals surface area contributed by atoms with Crippen LogP contribution in [0.25, 0.3) is 0 Å². The standard InChI is InChI=1S/C15H26N2O2S/c1-12-13(18)16-15(8-4-5-9-15)14(19)17(12)10-6-3-7-11-20-2/h12H,3-11H2,1-2H3,(H,16,18). The van der Waals surface area contributed by atoms with Crippen LogP contribution in [0.3, 0.4) is 0 Å². The lowest BCUT2D eigenvalue weighted by Crippen LogP contribution is -2.68. The molecule has 0 aromatic heterocycles. The van der Waals surface area contributed by atoms with Crippen molar-refractivity contribution in [2.24, 2.45) is 0 Å². The monoisotopic (exact) mass is 298 g/mol. The van der Waals surface area contributed by atoms with Crippen molar-refractivity contribution in [3.8, 4) is 0 Å². The van der Waals surface area contributed by atoms with Gasteiger partial charge in [-0.25, -0.2) is 0 Å². The molecule has 2 aliphatic rings. The Morgan fingerprint density at radius 2 is 1.95 bits per heavy atom. The minimum absolute atomic E-state index is 0.0237. The Hall–Kier alpha value is -0.710. The number of hydrogen-bond donors (Lipinski definition) is 1. The Morgan fingerprint density at radius 1 is 1.25 bits per heavy atom. The van der Waals surface area contributed by atoms with E-state index < -0.39 is 5.54 Å². The number of piperazine rings is 1. The van der Waals surface area contributed by atoms with Gasteiger partial charge in [-0.2, -0.15) is 11.8 Å². The number of unbranched alkanes of at least 4 members (excludes halogenated alkanes) is 2. The highest BCUT2D eigenvalue weighted by Crippen LogP contribution is 2.34. The first-order chi connectivity index (χ1) is 9.60. The number of carbonyl (C=O) groups excluding carboxylic acids is 2. The maximum Gasteiger partial charge on any atom is 0.248 e. The van der Waals surface area contributed by atoms with Gasteiger partial charge in [0.25, 0.3) is 0 Å². The lowest BCUT2D eigenvalue weighted by molar-refractivity contribution is -0.154. The van der Waals surface area contributed by atoms with Crippen molar-refractivity contribution >= 4 is 23.6 Å². The summed E-state index contributed by atoms with van der Waals surface area (Å²) in [5.74, 6) is 1.36. The first-order valence-corrected chi connectivity index (χ1v) is 9.12. The molecule has 0 radical (unpaired) electrons. The van der Waals surface area contributed by atoms with Crippen LogP contribution in [-0.4, -0.2) is 46.8 Å². The van der Waals surface area contributed by atoms with Gasteiger partial charge in [-0.05, 0) is 44.6 Å². The van der Waals surface area contributed by atoms with Crippen LogP contribution in [-0.2, 0) is 9.59 Å². The summed E-state index contributed by atoms with van der Waals surface area (Å²) in [5.41, 5.74) is -0.567. The lowest BCUT2D eigenvalue weighted by atomic mass is 9.91. The van der Waals surface area contributed by atoms with E-state index in [0.717, 1.165) is 45.1 Å². The van der Waals surface area contributed by atoms with Gasteiger partial charge in [0.2, 0.25) is 11.8 Å². The second-order valence-electron chi connectivity index (χ2n) is 6.01. The number of nitrogens with zero attached hydrogens (tertiary/aromatic N) is 1. The number of carbonyl (C=O) groups is 2. The van der Waals surface area contributed by atoms with Crippen LogP contribution in [0, 0.1) is 0 Å². The summed E-state index contributed by atoms with van der Waals surface area (Å²) < 4.78 is 0. The number of hydrogen-bond acceptors (Lipinski definition) is 3. The van der Waals surface area contributed by atoms with E-state index in [1.807, 2.05) is 23.6 Å². The van der Waals surface area contributed by atoms with E-state index in [9.17, 15) is 9.59 Å². The fraction of sp³-hybridized carbons (Fsp3) is 0.867. The average molecular weight is 298 g/mol. The number of rotatable bonds is 6. The van der Waals surface area contributed by atoms with Crippen molar-refractivity contribution < 1.29 is 9.59 Å². The maximum atomic E-state index is 12.7. The lowest BCUT2D eigenvalue weighted by Gasteiger charge is -2.43. The minimum Gasteiger partial charge on any atom is -0.340 e. The third-order valence-corrected chi connectivity index (χ3v) is 5.28. The number of thioether (sulfide) groups is 1. The van der Waals surface area contributed by atoms with Crippen molar-refractivity contribution in [2.75, 3.05) is 18.6 Å². The van der Waals surface area contributed by atoms with Gasteiger partial charge in [-0.15, -0.1) is 0 Å². The molecular formula is C15H26N2O2S. The SMILES string of the molecule is CSCCCCCN1C(=O)C2(CCCC2)NC(=O)C1C. The fourth-order valence-electron chi connectivity index (χ4n) is 3.30. The van der Waals surface area contributed by atoms with Crippen LogP contribution in [0.15, 0.2) is 0 Å². The molecule has 1 spiro atoms. The normalized spacial score (nSPS) is 25.3. The Balaban J connectivity index is 1.94. The molecule has 2 fully saturated rings. The molecule has 2 rings (SSSR count). The van der Waals surface area contributed by atoms with Crippen LogP contribution in [0.1, 0.15) is 51.9 Å². The molecule has 1 unspecified atom stereocenters. The maximum absolute atomic E-state index is 12.7. The molecular weight excluding hydrogens is 272 g/mol. The van der Waals surface area contributed by atoms with E-state index >= 15 is 0 Å². The second-order valence-corrected chi connectivity index (χ2v) is 6.99. The molecule has 0 aromatic carbocycles. The molecule has 1 heterocycles. The molecule has 2 amide bonds. The smallest absolute Gasteiger partial charge is 0.248 e. The zero-order valence-corrected chi connectivity index (χ0v) is 13.4. The van der Waals surface area contributed by atoms with Gasteiger partial charge < -0.3 is 10.2 Å². The van der Waals surface area contributed by atoms with Gasteiger partial charge >= 0.3 is 0 Å². The molecule has 0 bridgehead atoms. The molecule has 1 N–H and O–H groups in total. The molecule has 1 aliphatic heterocycles. The number of nitrogens with one attached hydrogen (secondary N) is 1. The summed E-state index contributed by atoms with van der Waals surface area (Å²) in [6.07, 6.45) is 9.15. The largest absolute Gasteiger partial charge is 0.340 e. The van der Waals surface area contributed by atoms with E-state index in [0.29, 0.717) is 0 Å². The first-order valence-electron chi connectivity index (χ1n) is 7.73. The average Bonchev–Trinajstić information content (AvgIpc) is 2.89. The van der Waals surface area contributed by atoms with Crippen LogP contribution in [0.5, 0.6) is 0 Å². The fourth-order valence-corrected chi connectivity index (χ4v) is 3.80. The van der Waals surface area contributed by atoms with Gasteiger partial charge in [-0.1, -0.05) is 19.3 Å². The zero-order valence-electron chi connectivity index (χ0n) is 12.6. The number of amides is 2. The summed E-state index contributed by atoms with van der Waals surface area (Å²) >= 11 is 1.86. The van der Waals surface area contributed by atoms with Crippen molar-refractivity contribution in [2.45, 2.75) is 63.5 Å². The zero-order chi connectivity index (χ0) is 14.6. The quantitative estimate of drug-likeness (QED) is 0.765. The van der Waals surface area contributed by atoms with E-state index in [2.05, 4.69) is 11.6 Å². The third-order valence-electron chi connectivity index (χ3n) is 4.58. The van der Waals surface area contributed by atoms with Gasteiger partial charge in [0, 0.05) is 6.54 Å². The molecule has 114 valence electrons. The summed E-state index contributed by atoms with van der Waals surface area (Å²) in [5, 5.41) is 3.00. The molecule has 1 aliphatic carbocycles. The molecule has 5 heteroatoms. The van der Waals surface area contributed by atoms with E-state index in [4.69, 9.17) is 0 Å². The Labute approximate surface area is 126 Å². The highest BCUT2D eigenvalue weighted by Gasteiger charge is 2.50. The highest BCUT2D eigenvalue weighted by atomic mass is 32.2. The Morgan fingerprint density at radius 3 is 2.60 bits per heavy atom. The summed E-state index contributed by atoms with van der Waals surface area (Å²) in [4.78, 5) is 26.7. The highest BCUT2D eigenvalue weighted by molar-refractivity contribution is 7.98. The molecule has 1 atom stereocenters. The molecule has 20 heavy (non-hydrogen) atoms. The van der Waals surface area contributed by atoms with Gasteiger partial charge in [0.05, 0.1) is 0 Å². The third kappa shape index (κ3) is 3.13. The summed E-state index contributed by atoms with van der Waals surface area (Å²) in [7, 11) is 0. The van der Waals surface area contributed by atoms with Crippen LogP contribution in [0.2, 0.25) is 0 Å². The topological polar surface area (TPSA) is 49.4 Å². The van der Waals surface area contributed by atoms with Gasteiger partial charge in [0.15, 0.2) is 0 Å². The molecule has 4 nitrogen and oxygen atoms in total. The van der Waals surface area contributed by atoms with Crippen molar-refractivity contribution in [1.82, 2.24) is 10.2 Å². The van der Waals surface area contributed by atoms with Crippen molar-refractivity contribution in [1.29, 1.82) is 0 Å². The van der Waals surface area contributed by atoms with Crippen LogP contribution < -0.4 is 5.32 Å². The minimum atomic E-state index is -0.567. The van der Waals surface area contributed by atoms with E-state index in [1.54, 1.807) is 0 Å². The van der Waals surface area contributed by atoms with Crippen LogP contribution >= 0.6 is 11.8 Å². The Kier molecular flexibility index (Phi) is 5.35. The molecule has 0 aromatic rings. The molecule has 1 saturated carbocycles. The predicted octanol–water partition coefficient (Wildman–Crippen LogP) is 2.18. The van der Waals surface area contributed by atoms with E-state index in [-0.39, 0.29) is 17.9 Å². The van der Waals surface area contributed by atoms with Crippen LogP contribution in [0.4, 0.5) is 0 Å². The summed E-state index contributed by atoms with van der Waals surface area (Å²) in [6.45, 7) is 2.57. The molecule has 1 saturated heterocycles. The van der Waals surface area contributed by atoms with E-state index in [1.165, 1.54) is 12.2 Å². The predicted molar refractivity (Wildman–Crippen MR) is 82.7 cm³/mol. The Bertz CT molecular complexity index is 367. The van der Waals surface area contributed by atoms with Crippen molar-refractivity contribution in [3.63, 3.8) is 0 Å².